The fourth-order valence-electron chi connectivity index (χ4n) is 1.74. The van der Waals surface area contributed by atoms with Gasteiger partial charge in [0, 0.05) is 25.6 Å². The summed E-state index contributed by atoms with van der Waals surface area (Å²) in [7, 11) is 1.84. The normalized spacial score (nSPS) is 25.7. The van der Waals surface area contributed by atoms with E-state index < -0.39 is 0 Å². The molecule has 0 aliphatic carbocycles. The van der Waals surface area contributed by atoms with Crippen LogP contribution in [0.2, 0.25) is 0 Å². The first-order chi connectivity index (χ1) is 6.50. The number of hydrogen-bond acceptors (Lipinski definition) is 4. The minimum absolute atomic E-state index is 0.119. The summed E-state index contributed by atoms with van der Waals surface area (Å²) in [5, 5.41) is 11.5. The van der Waals surface area contributed by atoms with Gasteiger partial charge in [-0.15, -0.1) is 11.6 Å². The molecule has 5 nitrogen and oxygen atoms in total. The molecule has 1 aliphatic rings. The molecule has 0 radical (unpaired) electrons. The van der Waals surface area contributed by atoms with Crippen molar-refractivity contribution in [3.63, 3.8) is 0 Å². The highest BCUT2D eigenvalue weighted by molar-refractivity contribution is 6.21. The lowest BCUT2D eigenvalue weighted by Crippen LogP contribution is -2.25. The number of anilines is 1. The van der Waals surface area contributed by atoms with Crippen molar-refractivity contribution in [2.45, 2.75) is 19.2 Å². The maximum atomic E-state index is 6.25. The molecule has 0 aromatic carbocycles. The SMILES string of the molecule is Cn1nnnc1N1CC(Cl)C(C)(C)C1. The average molecular weight is 216 g/mol. The average Bonchev–Trinajstić information content (AvgIpc) is 2.58. The van der Waals surface area contributed by atoms with Crippen molar-refractivity contribution in [1.29, 1.82) is 0 Å². The summed E-state index contributed by atoms with van der Waals surface area (Å²) >= 11 is 6.25. The predicted molar refractivity (Wildman–Crippen MR) is 54.4 cm³/mol. The van der Waals surface area contributed by atoms with E-state index in [1.54, 1.807) is 4.68 Å². The van der Waals surface area contributed by atoms with E-state index in [9.17, 15) is 0 Å². The van der Waals surface area contributed by atoms with Gasteiger partial charge in [0.1, 0.15) is 0 Å². The highest BCUT2D eigenvalue weighted by Crippen LogP contribution is 2.35. The molecule has 1 atom stereocenters. The van der Waals surface area contributed by atoms with Crippen molar-refractivity contribution >= 4 is 17.5 Å². The third-order valence-corrected chi connectivity index (χ3v) is 3.44. The molecule has 1 aliphatic heterocycles. The summed E-state index contributed by atoms with van der Waals surface area (Å²) in [5.41, 5.74) is 0.119. The van der Waals surface area contributed by atoms with Crippen LogP contribution < -0.4 is 4.90 Å². The molecular formula is C8H14ClN5. The van der Waals surface area contributed by atoms with Gasteiger partial charge in [-0.3, -0.25) is 0 Å². The second-order valence-electron chi connectivity index (χ2n) is 4.44. The van der Waals surface area contributed by atoms with Crippen molar-refractivity contribution in [3.05, 3.63) is 0 Å². The van der Waals surface area contributed by atoms with Crippen molar-refractivity contribution in [1.82, 2.24) is 20.2 Å². The molecule has 2 rings (SSSR count). The van der Waals surface area contributed by atoms with Gasteiger partial charge in [-0.25, -0.2) is 4.68 Å². The van der Waals surface area contributed by atoms with E-state index in [0.29, 0.717) is 0 Å². The number of alkyl halides is 1. The van der Waals surface area contributed by atoms with Gasteiger partial charge in [0.15, 0.2) is 0 Å². The Labute approximate surface area is 88.0 Å². The highest BCUT2D eigenvalue weighted by atomic mass is 35.5. The molecule has 1 unspecified atom stereocenters. The number of aromatic nitrogens is 4. The van der Waals surface area contributed by atoms with Gasteiger partial charge >= 0.3 is 0 Å². The number of rotatable bonds is 1. The molecule has 14 heavy (non-hydrogen) atoms. The van der Waals surface area contributed by atoms with Crippen LogP contribution in [-0.4, -0.2) is 38.7 Å². The number of hydrogen-bond donors (Lipinski definition) is 0. The van der Waals surface area contributed by atoms with Gasteiger partial charge in [-0.2, -0.15) is 0 Å². The molecule has 6 heteroatoms. The summed E-state index contributed by atoms with van der Waals surface area (Å²) in [6, 6.07) is 0. The zero-order valence-corrected chi connectivity index (χ0v) is 9.36. The summed E-state index contributed by atoms with van der Waals surface area (Å²) in [6.45, 7) is 6.03. The summed E-state index contributed by atoms with van der Waals surface area (Å²) in [6.07, 6.45) is 0. The molecule has 1 saturated heterocycles. The second-order valence-corrected chi connectivity index (χ2v) is 4.97. The first-order valence-corrected chi connectivity index (χ1v) is 5.06. The van der Waals surface area contributed by atoms with E-state index >= 15 is 0 Å². The first kappa shape index (κ1) is 9.71. The van der Waals surface area contributed by atoms with Gasteiger partial charge in [-0.05, 0) is 10.4 Å². The van der Waals surface area contributed by atoms with Crippen molar-refractivity contribution in [2.75, 3.05) is 18.0 Å². The van der Waals surface area contributed by atoms with E-state index in [1.165, 1.54) is 0 Å². The Bertz CT molecular complexity index is 334. The summed E-state index contributed by atoms with van der Waals surface area (Å²) in [4.78, 5) is 2.12. The van der Waals surface area contributed by atoms with Crippen LogP contribution in [0.1, 0.15) is 13.8 Å². The van der Waals surface area contributed by atoms with Gasteiger partial charge in [0.05, 0.1) is 5.38 Å². The van der Waals surface area contributed by atoms with Crippen molar-refractivity contribution < 1.29 is 0 Å². The Morgan fingerprint density at radius 3 is 2.64 bits per heavy atom. The minimum Gasteiger partial charge on any atom is -0.338 e. The molecule has 1 aromatic rings. The van der Waals surface area contributed by atoms with Crippen LogP contribution in [0.5, 0.6) is 0 Å². The Balaban J connectivity index is 2.21. The van der Waals surface area contributed by atoms with Crippen LogP contribution in [0.25, 0.3) is 0 Å². The van der Waals surface area contributed by atoms with Crippen LogP contribution in [0.4, 0.5) is 5.95 Å². The largest absolute Gasteiger partial charge is 0.338 e. The lowest BCUT2D eigenvalue weighted by molar-refractivity contribution is 0.424. The Hall–Kier alpha value is -0.840. The van der Waals surface area contributed by atoms with E-state index in [4.69, 9.17) is 11.6 Å². The molecule has 1 aromatic heterocycles. The Morgan fingerprint density at radius 2 is 2.21 bits per heavy atom. The van der Waals surface area contributed by atoms with Gasteiger partial charge < -0.3 is 4.90 Å². The summed E-state index contributed by atoms with van der Waals surface area (Å²) < 4.78 is 1.67. The Kier molecular flexibility index (Phi) is 2.14. The molecule has 0 N–H and O–H groups in total. The van der Waals surface area contributed by atoms with Crippen LogP contribution in [-0.2, 0) is 7.05 Å². The maximum absolute atomic E-state index is 6.25. The predicted octanol–water partition coefficient (Wildman–Crippen LogP) is 0.664. The zero-order valence-electron chi connectivity index (χ0n) is 8.61. The molecule has 2 heterocycles. The molecule has 0 spiro atoms. The van der Waals surface area contributed by atoms with E-state index in [0.717, 1.165) is 19.0 Å². The fraction of sp³-hybridized carbons (Fsp3) is 0.875. The first-order valence-electron chi connectivity index (χ1n) is 4.62. The van der Waals surface area contributed by atoms with Crippen LogP contribution >= 0.6 is 11.6 Å². The van der Waals surface area contributed by atoms with Gasteiger partial charge in [0.2, 0.25) is 5.95 Å². The molecule has 0 amide bonds. The molecule has 0 bridgehead atoms. The number of tetrazole rings is 1. The monoisotopic (exact) mass is 215 g/mol. The quantitative estimate of drug-likeness (QED) is 0.646. The van der Waals surface area contributed by atoms with Crippen LogP contribution in [0.15, 0.2) is 0 Å². The van der Waals surface area contributed by atoms with Crippen molar-refractivity contribution in [3.8, 4) is 0 Å². The summed E-state index contributed by atoms with van der Waals surface area (Å²) in [5.74, 6) is 0.793. The number of aryl methyl sites for hydroxylation is 1. The fourth-order valence-corrected chi connectivity index (χ4v) is 1.98. The molecule has 1 fully saturated rings. The van der Waals surface area contributed by atoms with Crippen molar-refractivity contribution in [2.24, 2.45) is 12.5 Å². The highest BCUT2D eigenvalue weighted by Gasteiger charge is 2.39. The second kappa shape index (κ2) is 3.08. The smallest absolute Gasteiger partial charge is 0.245 e. The number of nitrogens with zero attached hydrogens (tertiary/aromatic N) is 5. The van der Waals surface area contributed by atoms with E-state index in [-0.39, 0.29) is 10.8 Å². The van der Waals surface area contributed by atoms with E-state index in [1.807, 2.05) is 7.05 Å². The lowest BCUT2D eigenvalue weighted by Gasteiger charge is -2.20. The molecule has 0 saturated carbocycles. The third kappa shape index (κ3) is 1.45. The topological polar surface area (TPSA) is 46.8 Å². The zero-order chi connectivity index (χ0) is 10.3. The van der Waals surface area contributed by atoms with E-state index in [2.05, 4.69) is 34.3 Å². The van der Waals surface area contributed by atoms with Crippen LogP contribution in [0, 0.1) is 5.41 Å². The van der Waals surface area contributed by atoms with Gasteiger partial charge in [0.25, 0.3) is 0 Å². The molecule has 78 valence electrons. The number of halogens is 1. The minimum atomic E-state index is 0.119. The standard InChI is InChI=1S/C8H14ClN5/c1-8(2)5-14(4-6(8)9)7-10-11-12-13(7)3/h6H,4-5H2,1-3H3. The lowest BCUT2D eigenvalue weighted by atomic mass is 9.93. The van der Waals surface area contributed by atoms with Gasteiger partial charge in [-0.1, -0.05) is 18.9 Å². The molecular weight excluding hydrogens is 202 g/mol. The van der Waals surface area contributed by atoms with Crippen LogP contribution in [0.3, 0.4) is 0 Å². The Morgan fingerprint density at radius 1 is 1.50 bits per heavy atom. The maximum Gasteiger partial charge on any atom is 0.245 e. The third-order valence-electron chi connectivity index (χ3n) is 2.71.